The number of pyridine rings is 2. The SMILES string of the molecule is CCn1c(-c2c(F)cc(F)cc2F)c(-n2cc(Cl)cn2)cc(C(F)F)c1=O.CCn1c(-c2c(F)cc(F)cc2F)c(-n2cc(Cl)cn2)cc(C=O)c1=O. The van der Waals surface area contributed by atoms with Crippen molar-refractivity contribution in [2.24, 2.45) is 0 Å². The Morgan fingerprint density at radius 3 is 1.40 bits per heavy atom. The van der Waals surface area contributed by atoms with Crippen LogP contribution >= 0.6 is 23.2 Å². The number of halogens is 10. The first kappa shape index (κ1) is 38.7. The van der Waals surface area contributed by atoms with Gasteiger partial charge >= 0.3 is 0 Å². The molecule has 276 valence electrons. The number of carbonyl (C=O) groups excluding carboxylic acids is 1. The highest BCUT2D eigenvalue weighted by molar-refractivity contribution is 6.30. The summed E-state index contributed by atoms with van der Waals surface area (Å²) in [4.78, 5) is 36.1. The van der Waals surface area contributed by atoms with E-state index in [-0.39, 0.29) is 51.5 Å². The molecular weight excluding hydrogens is 763 g/mol. The Morgan fingerprint density at radius 1 is 0.660 bits per heavy atom. The van der Waals surface area contributed by atoms with Gasteiger partial charge in [-0.15, -0.1) is 0 Å². The van der Waals surface area contributed by atoms with Crippen LogP contribution in [0.4, 0.5) is 35.1 Å². The molecule has 0 bridgehead atoms. The number of aldehydes is 1. The highest BCUT2D eigenvalue weighted by Crippen LogP contribution is 2.34. The molecule has 19 heteroatoms. The van der Waals surface area contributed by atoms with Gasteiger partial charge in [-0.1, -0.05) is 23.2 Å². The summed E-state index contributed by atoms with van der Waals surface area (Å²) >= 11 is 11.7. The Morgan fingerprint density at radius 2 is 1.06 bits per heavy atom. The number of alkyl halides is 2. The molecule has 0 spiro atoms. The van der Waals surface area contributed by atoms with Gasteiger partial charge in [0.2, 0.25) is 0 Å². The van der Waals surface area contributed by atoms with Gasteiger partial charge in [0.1, 0.15) is 34.9 Å². The monoisotopic (exact) mass is 784 g/mol. The van der Waals surface area contributed by atoms with Gasteiger partial charge in [-0.05, 0) is 26.0 Å². The van der Waals surface area contributed by atoms with E-state index >= 15 is 0 Å². The number of benzene rings is 2. The van der Waals surface area contributed by atoms with Crippen LogP contribution in [0.25, 0.3) is 33.9 Å². The normalized spacial score (nSPS) is 11.2. The van der Waals surface area contributed by atoms with Crippen molar-refractivity contribution in [2.45, 2.75) is 33.4 Å². The summed E-state index contributed by atoms with van der Waals surface area (Å²) < 4.78 is 115. The van der Waals surface area contributed by atoms with Crippen LogP contribution in [0.15, 0.2) is 70.8 Å². The van der Waals surface area contributed by atoms with E-state index < -0.39 is 69.1 Å². The summed E-state index contributed by atoms with van der Waals surface area (Å²) in [6.45, 7) is 2.85. The standard InChI is InChI=1S/C17H11ClF5N3O.C17H11ClF3N3O2/c1-2-25-15(14-11(20)3-9(19)4-12(14)21)13(26-7-8(18)6-24-26)5-10(16(22)23)17(25)27;1-2-23-16(15-12(20)4-11(19)5-13(15)21)14(3-9(8-25)17(23)26)24-7-10(18)6-22-24/h3-7,16H,2H2,1H3;3-8H,2H2,1H3. The third kappa shape index (κ3) is 7.52. The predicted octanol–water partition coefficient (Wildman–Crippen LogP) is 8.33. The number of aromatic nitrogens is 6. The number of nitrogens with zero attached hydrogens (tertiary/aromatic N) is 6. The zero-order valence-electron chi connectivity index (χ0n) is 27.0. The van der Waals surface area contributed by atoms with Crippen molar-refractivity contribution < 1.29 is 39.9 Å². The second-order valence-electron chi connectivity index (χ2n) is 10.9. The van der Waals surface area contributed by atoms with Crippen LogP contribution < -0.4 is 11.1 Å². The van der Waals surface area contributed by atoms with Gasteiger partial charge in [-0.3, -0.25) is 14.4 Å². The predicted molar refractivity (Wildman–Crippen MR) is 178 cm³/mol. The molecule has 0 aliphatic heterocycles. The van der Waals surface area contributed by atoms with E-state index in [1.165, 1.54) is 36.4 Å². The van der Waals surface area contributed by atoms with Crippen LogP contribution in [-0.4, -0.2) is 35.0 Å². The quantitative estimate of drug-likeness (QED) is 0.114. The van der Waals surface area contributed by atoms with Gasteiger partial charge in [0.15, 0.2) is 6.29 Å². The first-order chi connectivity index (χ1) is 25.1. The fourth-order valence-electron chi connectivity index (χ4n) is 5.47. The largest absolute Gasteiger partial charge is 0.306 e. The molecule has 0 aliphatic carbocycles. The number of carbonyl (C=O) groups is 1. The summed E-state index contributed by atoms with van der Waals surface area (Å²) in [7, 11) is 0. The summed E-state index contributed by atoms with van der Waals surface area (Å²) in [6.07, 6.45) is 2.25. The molecule has 0 atom stereocenters. The molecule has 4 aromatic heterocycles. The molecule has 4 heterocycles. The maximum absolute atomic E-state index is 14.4. The molecule has 0 radical (unpaired) electrons. The van der Waals surface area contributed by atoms with Gasteiger partial charge in [0.25, 0.3) is 17.5 Å². The van der Waals surface area contributed by atoms with Crippen LogP contribution in [0.5, 0.6) is 0 Å². The summed E-state index contributed by atoms with van der Waals surface area (Å²) in [5, 5.41) is 8.19. The lowest BCUT2D eigenvalue weighted by Gasteiger charge is -2.19. The fraction of sp³-hybridized carbons (Fsp3) is 0.147. The Balaban J connectivity index is 0.000000204. The van der Waals surface area contributed by atoms with Crippen molar-refractivity contribution in [3.8, 4) is 33.9 Å². The van der Waals surface area contributed by atoms with Crippen molar-refractivity contribution in [3.05, 3.63) is 138 Å². The van der Waals surface area contributed by atoms with E-state index in [0.717, 1.165) is 25.9 Å². The molecule has 0 unspecified atom stereocenters. The summed E-state index contributed by atoms with van der Waals surface area (Å²) in [6, 6.07) is 3.84. The lowest BCUT2D eigenvalue weighted by atomic mass is 10.1. The molecule has 6 aromatic rings. The van der Waals surface area contributed by atoms with Gasteiger partial charge in [-0.2, -0.15) is 10.2 Å². The van der Waals surface area contributed by atoms with Crippen molar-refractivity contribution in [3.63, 3.8) is 0 Å². The third-order valence-corrected chi connectivity index (χ3v) is 8.06. The molecule has 9 nitrogen and oxygen atoms in total. The van der Waals surface area contributed by atoms with Crippen LogP contribution in [-0.2, 0) is 13.1 Å². The second kappa shape index (κ2) is 15.6. The van der Waals surface area contributed by atoms with Gasteiger partial charge in [0, 0.05) is 49.7 Å². The van der Waals surface area contributed by atoms with Crippen molar-refractivity contribution in [1.82, 2.24) is 28.7 Å². The Labute approximate surface area is 302 Å². The molecule has 0 saturated carbocycles. The minimum absolute atomic E-state index is 0.00804. The summed E-state index contributed by atoms with van der Waals surface area (Å²) in [5.74, 6) is -7.23. The fourth-order valence-corrected chi connectivity index (χ4v) is 5.74. The zero-order chi connectivity index (χ0) is 38.9. The summed E-state index contributed by atoms with van der Waals surface area (Å²) in [5.41, 5.74) is -4.99. The van der Waals surface area contributed by atoms with Crippen LogP contribution in [0.2, 0.25) is 10.0 Å². The highest BCUT2D eigenvalue weighted by atomic mass is 35.5. The molecule has 0 amide bonds. The molecule has 0 fully saturated rings. The first-order valence-corrected chi connectivity index (χ1v) is 15.9. The molecule has 53 heavy (non-hydrogen) atoms. The smallest absolute Gasteiger partial charge is 0.269 e. The van der Waals surface area contributed by atoms with E-state index in [2.05, 4.69) is 10.2 Å². The molecule has 0 saturated heterocycles. The van der Waals surface area contributed by atoms with Gasteiger partial charge in [0.05, 0.1) is 67.5 Å². The zero-order valence-corrected chi connectivity index (χ0v) is 28.5. The maximum Gasteiger partial charge on any atom is 0.269 e. The van der Waals surface area contributed by atoms with Crippen LogP contribution in [0.3, 0.4) is 0 Å². The molecule has 0 N–H and O–H groups in total. The minimum atomic E-state index is -3.13. The van der Waals surface area contributed by atoms with Crippen LogP contribution in [0.1, 0.15) is 36.2 Å². The average molecular weight is 785 g/mol. The second-order valence-corrected chi connectivity index (χ2v) is 11.8. The topological polar surface area (TPSA) is 96.7 Å². The molecule has 6 rings (SSSR count). The minimum Gasteiger partial charge on any atom is -0.306 e. The van der Waals surface area contributed by atoms with E-state index in [1.807, 2.05) is 0 Å². The average Bonchev–Trinajstić information content (AvgIpc) is 3.72. The van der Waals surface area contributed by atoms with E-state index in [1.54, 1.807) is 6.92 Å². The molecule has 2 aromatic carbocycles. The number of hydrogen-bond acceptors (Lipinski definition) is 5. The lowest BCUT2D eigenvalue weighted by molar-refractivity contribution is 0.112. The van der Waals surface area contributed by atoms with Crippen LogP contribution in [0, 0.1) is 34.9 Å². The Kier molecular flexibility index (Phi) is 11.4. The van der Waals surface area contributed by atoms with E-state index in [0.29, 0.717) is 30.6 Å². The van der Waals surface area contributed by atoms with Gasteiger partial charge in [-0.25, -0.2) is 44.5 Å². The Hall–Kier alpha value is -5.55. The lowest BCUT2D eigenvalue weighted by Crippen LogP contribution is -2.27. The first-order valence-electron chi connectivity index (χ1n) is 15.1. The van der Waals surface area contributed by atoms with E-state index in [9.17, 15) is 49.5 Å². The highest BCUT2D eigenvalue weighted by Gasteiger charge is 2.27. The Bertz CT molecular complexity index is 2450. The van der Waals surface area contributed by atoms with E-state index in [4.69, 9.17) is 23.2 Å². The third-order valence-electron chi connectivity index (χ3n) is 7.67. The number of rotatable bonds is 8. The van der Waals surface area contributed by atoms with Crippen molar-refractivity contribution >= 4 is 29.5 Å². The number of hydrogen-bond donors (Lipinski definition) is 0. The van der Waals surface area contributed by atoms with Crippen molar-refractivity contribution in [2.75, 3.05) is 0 Å². The maximum atomic E-state index is 14.4. The van der Waals surface area contributed by atoms with Crippen molar-refractivity contribution in [1.29, 1.82) is 0 Å². The molecular formula is C34H22Cl2F8N6O3. The van der Waals surface area contributed by atoms with Gasteiger partial charge < -0.3 is 9.13 Å². The molecule has 0 aliphatic rings.